The van der Waals surface area contributed by atoms with E-state index in [4.69, 9.17) is 9.47 Å². The van der Waals surface area contributed by atoms with Crippen molar-refractivity contribution in [2.45, 2.75) is 62.4 Å². The number of esters is 1. The standard InChI is InChI=1S/C34H40N2O6/c1-4-7-21-41-32(40)28-27-30(38)36(26(23-37)25-16-12-9-13-17-25)29(34(27)19-18-33(28,6-3)42-34)31(39)35(20-5-2)22-24-14-10-8-11-15-24/h4-5,8-17,26-29,37H,1-2,6-7,18-23H2,3H3/t26-,27+,28-,29?,33+,34?/m1/s1. The summed E-state index contributed by atoms with van der Waals surface area (Å²) in [6.07, 6.45) is 5.31. The quantitative estimate of drug-likeness (QED) is 0.220. The third-order valence-electron chi connectivity index (χ3n) is 9.24. The number of aliphatic hydroxyl groups is 1. The van der Waals surface area contributed by atoms with Crippen molar-refractivity contribution in [3.05, 3.63) is 97.1 Å². The molecular formula is C34H40N2O6. The average molecular weight is 573 g/mol. The van der Waals surface area contributed by atoms with Crippen molar-refractivity contribution >= 4 is 17.8 Å². The molecular weight excluding hydrogens is 532 g/mol. The normalized spacial score (nSPS) is 28.3. The van der Waals surface area contributed by atoms with Gasteiger partial charge in [-0.05, 0) is 36.8 Å². The number of fused-ring (bicyclic) bond motifs is 1. The van der Waals surface area contributed by atoms with Crippen molar-refractivity contribution in [3.63, 3.8) is 0 Å². The molecule has 0 aliphatic carbocycles. The fraction of sp³-hybridized carbons (Fsp3) is 0.441. The van der Waals surface area contributed by atoms with E-state index in [0.29, 0.717) is 37.8 Å². The molecule has 2 bridgehead atoms. The predicted octanol–water partition coefficient (Wildman–Crippen LogP) is 4.21. The molecule has 1 N–H and O–H groups in total. The second kappa shape index (κ2) is 12.2. The van der Waals surface area contributed by atoms with E-state index >= 15 is 0 Å². The van der Waals surface area contributed by atoms with Crippen LogP contribution in [-0.4, -0.2) is 69.7 Å². The van der Waals surface area contributed by atoms with Gasteiger partial charge in [0.25, 0.3) is 0 Å². The maximum Gasteiger partial charge on any atom is 0.312 e. The number of benzene rings is 2. The van der Waals surface area contributed by atoms with Gasteiger partial charge >= 0.3 is 5.97 Å². The zero-order valence-corrected chi connectivity index (χ0v) is 24.2. The lowest BCUT2D eigenvalue weighted by atomic mass is 9.65. The highest BCUT2D eigenvalue weighted by atomic mass is 16.6. The van der Waals surface area contributed by atoms with Gasteiger partial charge < -0.3 is 24.4 Å². The summed E-state index contributed by atoms with van der Waals surface area (Å²) in [6, 6.07) is 17.0. The number of amides is 2. The van der Waals surface area contributed by atoms with E-state index in [1.165, 1.54) is 4.90 Å². The molecule has 3 aliphatic heterocycles. The molecule has 3 saturated heterocycles. The van der Waals surface area contributed by atoms with Gasteiger partial charge in [0.05, 0.1) is 30.8 Å². The van der Waals surface area contributed by atoms with Crippen molar-refractivity contribution in [2.75, 3.05) is 19.8 Å². The predicted molar refractivity (Wildman–Crippen MR) is 158 cm³/mol. The van der Waals surface area contributed by atoms with E-state index < -0.39 is 47.7 Å². The molecule has 2 aromatic rings. The van der Waals surface area contributed by atoms with Crippen LogP contribution in [0, 0.1) is 11.8 Å². The number of nitrogens with zero attached hydrogens (tertiary/aromatic N) is 2. The second-order valence-electron chi connectivity index (χ2n) is 11.4. The number of aliphatic hydroxyl groups excluding tert-OH is 1. The molecule has 222 valence electrons. The van der Waals surface area contributed by atoms with Gasteiger partial charge in [-0.25, -0.2) is 0 Å². The molecule has 0 radical (unpaired) electrons. The summed E-state index contributed by atoms with van der Waals surface area (Å²) in [5.41, 5.74) is -0.499. The Kier molecular flexibility index (Phi) is 8.66. The monoisotopic (exact) mass is 572 g/mol. The highest BCUT2D eigenvalue weighted by Crippen LogP contribution is 2.65. The van der Waals surface area contributed by atoms with E-state index in [2.05, 4.69) is 13.2 Å². The molecule has 5 rings (SSSR count). The molecule has 6 atom stereocenters. The maximum atomic E-state index is 14.7. The fourth-order valence-electron chi connectivity index (χ4n) is 7.36. The van der Waals surface area contributed by atoms with Crippen molar-refractivity contribution in [3.8, 4) is 0 Å². The Labute approximate surface area is 247 Å². The first-order valence-corrected chi connectivity index (χ1v) is 14.8. The Morgan fingerprint density at radius 3 is 2.43 bits per heavy atom. The average Bonchev–Trinajstić information content (AvgIpc) is 3.62. The summed E-state index contributed by atoms with van der Waals surface area (Å²) in [4.78, 5) is 46.2. The lowest BCUT2D eigenvalue weighted by Gasteiger charge is -2.39. The first-order valence-electron chi connectivity index (χ1n) is 14.8. The molecule has 8 heteroatoms. The number of rotatable bonds is 13. The molecule has 0 aromatic heterocycles. The van der Waals surface area contributed by atoms with Crippen LogP contribution in [0.1, 0.15) is 49.8 Å². The lowest BCUT2D eigenvalue weighted by molar-refractivity contribution is -0.163. The van der Waals surface area contributed by atoms with Gasteiger partial charge in [0.1, 0.15) is 17.6 Å². The van der Waals surface area contributed by atoms with Crippen LogP contribution in [0.2, 0.25) is 0 Å². The van der Waals surface area contributed by atoms with Gasteiger partial charge in [-0.2, -0.15) is 0 Å². The van der Waals surface area contributed by atoms with Crippen LogP contribution >= 0.6 is 0 Å². The number of carbonyl (C=O) groups excluding carboxylic acids is 3. The van der Waals surface area contributed by atoms with E-state index in [1.54, 1.807) is 17.1 Å². The Morgan fingerprint density at radius 1 is 1.12 bits per heavy atom. The largest absolute Gasteiger partial charge is 0.465 e. The van der Waals surface area contributed by atoms with Crippen molar-refractivity contribution in [1.29, 1.82) is 0 Å². The summed E-state index contributed by atoms with van der Waals surface area (Å²) in [6.45, 7) is 9.86. The van der Waals surface area contributed by atoms with E-state index in [-0.39, 0.29) is 25.0 Å². The number of hydrogen-bond donors (Lipinski definition) is 1. The number of likely N-dealkylation sites (tertiary alicyclic amines) is 1. The third kappa shape index (κ3) is 4.86. The topological polar surface area (TPSA) is 96.4 Å². The van der Waals surface area contributed by atoms with E-state index in [9.17, 15) is 19.5 Å². The van der Waals surface area contributed by atoms with Crippen LogP contribution in [0.25, 0.3) is 0 Å². The molecule has 2 aromatic carbocycles. The summed E-state index contributed by atoms with van der Waals surface area (Å²) in [5, 5.41) is 10.7. The summed E-state index contributed by atoms with van der Waals surface area (Å²) < 4.78 is 12.5. The number of carbonyl (C=O) groups is 3. The van der Waals surface area contributed by atoms with Crippen LogP contribution in [0.15, 0.2) is 86.0 Å². The highest BCUT2D eigenvalue weighted by molar-refractivity contribution is 5.99. The summed E-state index contributed by atoms with van der Waals surface area (Å²) in [7, 11) is 0. The summed E-state index contributed by atoms with van der Waals surface area (Å²) >= 11 is 0. The fourth-order valence-corrected chi connectivity index (χ4v) is 7.36. The van der Waals surface area contributed by atoms with E-state index in [1.807, 2.05) is 67.6 Å². The molecule has 3 heterocycles. The SMILES string of the molecule is C=CCCOC(=O)[C@H]1[C@H]2C(=O)N([C@H](CO)c3ccccc3)C(C(=O)N(CC=C)Cc3ccccc3)C23CC[C@]1(CC)O3. The Balaban J connectivity index is 1.61. The van der Waals surface area contributed by atoms with Gasteiger partial charge in [0, 0.05) is 13.1 Å². The Hall–Kier alpha value is -3.75. The van der Waals surface area contributed by atoms with E-state index in [0.717, 1.165) is 5.56 Å². The molecule has 3 fully saturated rings. The van der Waals surface area contributed by atoms with Crippen molar-refractivity contribution in [2.24, 2.45) is 11.8 Å². The number of ether oxygens (including phenoxy) is 2. The lowest BCUT2D eigenvalue weighted by Crippen LogP contribution is -2.57. The molecule has 2 amide bonds. The van der Waals surface area contributed by atoms with Gasteiger partial charge in [-0.15, -0.1) is 13.2 Å². The van der Waals surface area contributed by atoms with Gasteiger partial charge in [-0.1, -0.05) is 79.7 Å². The molecule has 2 unspecified atom stereocenters. The van der Waals surface area contributed by atoms with Crippen LogP contribution in [0.5, 0.6) is 0 Å². The minimum atomic E-state index is -1.23. The number of hydrogen-bond acceptors (Lipinski definition) is 6. The zero-order chi connectivity index (χ0) is 29.9. The van der Waals surface area contributed by atoms with Gasteiger partial charge in [0.2, 0.25) is 11.8 Å². The van der Waals surface area contributed by atoms with Crippen LogP contribution in [0.4, 0.5) is 0 Å². The highest BCUT2D eigenvalue weighted by Gasteiger charge is 2.79. The van der Waals surface area contributed by atoms with Crippen LogP contribution in [0.3, 0.4) is 0 Å². The van der Waals surface area contributed by atoms with Crippen molar-refractivity contribution in [1.82, 2.24) is 9.80 Å². The van der Waals surface area contributed by atoms with Crippen LogP contribution in [-0.2, 0) is 30.4 Å². The molecule has 0 saturated carbocycles. The Bertz CT molecular complexity index is 1320. The van der Waals surface area contributed by atoms with Gasteiger partial charge in [-0.3, -0.25) is 14.4 Å². The van der Waals surface area contributed by atoms with Gasteiger partial charge in [0.15, 0.2) is 0 Å². The Morgan fingerprint density at radius 2 is 1.81 bits per heavy atom. The maximum absolute atomic E-state index is 14.7. The molecule has 8 nitrogen and oxygen atoms in total. The first kappa shape index (κ1) is 29.7. The molecule has 42 heavy (non-hydrogen) atoms. The first-order chi connectivity index (χ1) is 20.4. The minimum Gasteiger partial charge on any atom is -0.465 e. The van der Waals surface area contributed by atoms with Crippen LogP contribution < -0.4 is 0 Å². The van der Waals surface area contributed by atoms with Crippen molar-refractivity contribution < 1.29 is 29.0 Å². The summed E-state index contributed by atoms with van der Waals surface area (Å²) in [5.74, 6) is -2.91. The molecule has 3 aliphatic rings. The minimum absolute atomic E-state index is 0.159. The molecule has 1 spiro atoms. The third-order valence-corrected chi connectivity index (χ3v) is 9.24. The second-order valence-corrected chi connectivity index (χ2v) is 11.4. The smallest absolute Gasteiger partial charge is 0.312 e. The zero-order valence-electron chi connectivity index (χ0n) is 24.2.